The summed E-state index contributed by atoms with van der Waals surface area (Å²) < 4.78 is 3.89. The predicted molar refractivity (Wildman–Crippen MR) is 89.3 cm³/mol. The Morgan fingerprint density at radius 2 is 2.43 bits per heavy atom. The van der Waals surface area contributed by atoms with Gasteiger partial charge in [0.1, 0.15) is 4.88 Å². The minimum atomic E-state index is -0.0370. The summed E-state index contributed by atoms with van der Waals surface area (Å²) in [5, 5.41) is 7.16. The van der Waals surface area contributed by atoms with Crippen molar-refractivity contribution < 1.29 is 4.79 Å². The topological polar surface area (TPSA) is 71.0 Å². The normalized spacial score (nSPS) is 18.7. The lowest BCUT2D eigenvalue weighted by molar-refractivity contribution is 0.0903. The maximum absolute atomic E-state index is 12.4. The monoisotopic (exact) mass is 331 g/mol. The molecule has 0 unspecified atom stereocenters. The van der Waals surface area contributed by atoms with Crippen molar-refractivity contribution in [2.24, 2.45) is 0 Å². The van der Waals surface area contributed by atoms with Gasteiger partial charge in [0.15, 0.2) is 0 Å². The molecule has 0 radical (unpaired) electrons. The van der Waals surface area contributed by atoms with Gasteiger partial charge in [-0.3, -0.25) is 14.7 Å². The van der Waals surface area contributed by atoms with Crippen LogP contribution in [0.4, 0.5) is 0 Å². The molecule has 0 spiro atoms. The number of rotatable bonds is 5. The molecule has 7 heteroatoms. The molecule has 1 N–H and O–H groups in total. The first-order chi connectivity index (χ1) is 11.3. The van der Waals surface area contributed by atoms with Crippen molar-refractivity contribution in [3.8, 4) is 0 Å². The Balaban J connectivity index is 1.57. The number of aromatic nitrogens is 3. The molecule has 0 saturated carbocycles. The molecule has 1 fully saturated rings. The van der Waals surface area contributed by atoms with E-state index in [1.165, 1.54) is 17.1 Å². The maximum atomic E-state index is 12.4. The lowest BCUT2D eigenvalue weighted by Gasteiger charge is -2.33. The Morgan fingerprint density at radius 3 is 3.22 bits per heavy atom. The molecule has 0 aromatic carbocycles. The number of aryl methyl sites for hydroxylation is 1. The van der Waals surface area contributed by atoms with Gasteiger partial charge in [0, 0.05) is 31.5 Å². The molecule has 0 aliphatic carbocycles. The number of piperidine rings is 1. The van der Waals surface area contributed by atoms with Crippen molar-refractivity contribution in [2.75, 3.05) is 13.1 Å². The number of hydrogen-bond donors (Lipinski definition) is 1. The fourth-order valence-corrected chi connectivity index (χ4v) is 3.58. The minimum absolute atomic E-state index is 0.0370. The van der Waals surface area contributed by atoms with E-state index in [1.54, 1.807) is 6.20 Å². The van der Waals surface area contributed by atoms with Gasteiger partial charge in [0.25, 0.3) is 5.91 Å². The van der Waals surface area contributed by atoms with Crippen LogP contribution in [0.25, 0.3) is 0 Å². The summed E-state index contributed by atoms with van der Waals surface area (Å²) >= 11 is 1.18. The van der Waals surface area contributed by atoms with Crippen molar-refractivity contribution >= 4 is 17.4 Å². The summed E-state index contributed by atoms with van der Waals surface area (Å²) in [5.74, 6) is -0.0370. The summed E-state index contributed by atoms with van der Waals surface area (Å²) in [6, 6.07) is 4.23. The Labute approximate surface area is 140 Å². The molecule has 1 aliphatic rings. The fraction of sp³-hybridized carbons (Fsp3) is 0.500. The van der Waals surface area contributed by atoms with Gasteiger partial charge in [-0.1, -0.05) is 17.5 Å². The van der Waals surface area contributed by atoms with E-state index in [1.807, 2.05) is 19.2 Å². The SMILES string of the molecule is CCc1nnsc1C(=O)N[C@H]1CCCN(Cc2cccnc2)C1. The van der Waals surface area contributed by atoms with Crippen molar-refractivity contribution in [3.05, 3.63) is 40.7 Å². The van der Waals surface area contributed by atoms with Gasteiger partial charge in [0.2, 0.25) is 0 Å². The van der Waals surface area contributed by atoms with Gasteiger partial charge in [-0.2, -0.15) is 0 Å². The first-order valence-corrected chi connectivity index (χ1v) is 8.77. The highest BCUT2D eigenvalue weighted by Gasteiger charge is 2.24. The van der Waals surface area contributed by atoms with Crippen molar-refractivity contribution in [1.82, 2.24) is 24.8 Å². The van der Waals surface area contributed by atoms with Gasteiger partial charge in [-0.15, -0.1) is 5.10 Å². The third-order valence-corrected chi connectivity index (χ3v) is 4.83. The van der Waals surface area contributed by atoms with Crippen LogP contribution in [0, 0.1) is 0 Å². The van der Waals surface area contributed by atoms with Crippen molar-refractivity contribution in [3.63, 3.8) is 0 Å². The lowest BCUT2D eigenvalue weighted by atomic mass is 10.0. The Kier molecular flexibility index (Phi) is 5.30. The van der Waals surface area contributed by atoms with Crippen LogP contribution in [0.2, 0.25) is 0 Å². The zero-order chi connectivity index (χ0) is 16.1. The fourth-order valence-electron chi connectivity index (χ4n) is 2.93. The molecule has 1 atom stereocenters. The van der Waals surface area contributed by atoms with E-state index in [0.717, 1.165) is 44.6 Å². The summed E-state index contributed by atoms with van der Waals surface area (Å²) in [5.41, 5.74) is 2.00. The second-order valence-electron chi connectivity index (χ2n) is 5.81. The largest absolute Gasteiger partial charge is 0.347 e. The number of carbonyl (C=O) groups is 1. The van der Waals surface area contributed by atoms with E-state index in [2.05, 4.69) is 30.9 Å². The molecule has 6 nitrogen and oxygen atoms in total. The van der Waals surface area contributed by atoms with Crippen molar-refractivity contribution in [1.29, 1.82) is 0 Å². The highest BCUT2D eigenvalue weighted by Crippen LogP contribution is 2.16. The van der Waals surface area contributed by atoms with Gasteiger partial charge < -0.3 is 5.32 Å². The van der Waals surface area contributed by atoms with Crippen LogP contribution in [-0.2, 0) is 13.0 Å². The summed E-state index contributed by atoms with van der Waals surface area (Å²) in [6.07, 6.45) is 6.53. The third kappa shape index (κ3) is 4.11. The molecular weight excluding hydrogens is 310 g/mol. The Hall–Kier alpha value is -1.86. The van der Waals surface area contributed by atoms with Gasteiger partial charge in [-0.05, 0) is 49.0 Å². The van der Waals surface area contributed by atoms with E-state index in [4.69, 9.17) is 0 Å². The number of nitrogens with zero attached hydrogens (tertiary/aromatic N) is 4. The Morgan fingerprint density at radius 1 is 1.52 bits per heavy atom. The first-order valence-electron chi connectivity index (χ1n) is 7.99. The predicted octanol–water partition coefficient (Wildman–Crippen LogP) is 1.89. The molecule has 2 aromatic heterocycles. The quantitative estimate of drug-likeness (QED) is 0.906. The molecule has 0 bridgehead atoms. The average molecular weight is 331 g/mol. The zero-order valence-corrected chi connectivity index (χ0v) is 14.1. The van der Waals surface area contributed by atoms with Crippen molar-refractivity contribution in [2.45, 2.75) is 38.8 Å². The van der Waals surface area contributed by atoms with E-state index in [9.17, 15) is 4.79 Å². The van der Waals surface area contributed by atoms with Crippen LogP contribution in [-0.4, -0.2) is 44.5 Å². The zero-order valence-electron chi connectivity index (χ0n) is 13.2. The van der Waals surface area contributed by atoms with Crippen LogP contribution < -0.4 is 5.32 Å². The smallest absolute Gasteiger partial charge is 0.265 e. The minimum Gasteiger partial charge on any atom is -0.347 e. The maximum Gasteiger partial charge on any atom is 0.265 e. The van der Waals surface area contributed by atoms with E-state index in [0.29, 0.717) is 4.88 Å². The molecule has 1 aliphatic heterocycles. The second-order valence-corrected chi connectivity index (χ2v) is 6.57. The summed E-state index contributed by atoms with van der Waals surface area (Å²) in [4.78, 5) is 19.6. The molecule has 122 valence electrons. The molecule has 3 rings (SSSR count). The number of hydrogen-bond acceptors (Lipinski definition) is 6. The number of pyridine rings is 1. The lowest BCUT2D eigenvalue weighted by Crippen LogP contribution is -2.47. The summed E-state index contributed by atoms with van der Waals surface area (Å²) in [6.45, 7) is 4.80. The van der Waals surface area contributed by atoms with Crippen LogP contribution in [0.15, 0.2) is 24.5 Å². The van der Waals surface area contributed by atoms with Crippen LogP contribution in [0.1, 0.15) is 40.7 Å². The standard InChI is InChI=1S/C16H21N5OS/c1-2-14-15(23-20-19-14)16(22)18-13-6-4-8-21(11-13)10-12-5-3-7-17-9-12/h3,5,7,9,13H,2,4,6,8,10-11H2,1H3,(H,18,22)/t13-/m0/s1. The van der Waals surface area contributed by atoms with E-state index < -0.39 is 0 Å². The van der Waals surface area contributed by atoms with E-state index in [-0.39, 0.29) is 11.9 Å². The molecule has 3 heterocycles. The number of nitrogens with one attached hydrogen (secondary N) is 1. The highest BCUT2D eigenvalue weighted by atomic mass is 32.1. The Bertz CT molecular complexity index is 645. The molecule has 23 heavy (non-hydrogen) atoms. The summed E-state index contributed by atoms with van der Waals surface area (Å²) in [7, 11) is 0. The molecule has 1 saturated heterocycles. The number of carbonyl (C=O) groups excluding carboxylic acids is 1. The van der Waals surface area contributed by atoms with Crippen LogP contribution in [0.5, 0.6) is 0 Å². The van der Waals surface area contributed by atoms with Gasteiger partial charge in [0.05, 0.1) is 5.69 Å². The highest BCUT2D eigenvalue weighted by molar-refractivity contribution is 7.08. The first kappa shape index (κ1) is 16.0. The number of amides is 1. The van der Waals surface area contributed by atoms with Gasteiger partial charge in [-0.25, -0.2) is 0 Å². The van der Waals surface area contributed by atoms with E-state index >= 15 is 0 Å². The second kappa shape index (κ2) is 7.61. The van der Waals surface area contributed by atoms with Crippen LogP contribution in [0.3, 0.4) is 0 Å². The average Bonchev–Trinajstić information content (AvgIpc) is 3.05. The van der Waals surface area contributed by atoms with Crippen LogP contribution >= 0.6 is 11.5 Å². The van der Waals surface area contributed by atoms with Gasteiger partial charge >= 0.3 is 0 Å². The molecule has 2 aromatic rings. The number of likely N-dealkylation sites (tertiary alicyclic amines) is 1. The molecule has 1 amide bonds. The third-order valence-electron chi connectivity index (χ3n) is 4.07. The molecular formula is C16H21N5OS.